The highest BCUT2D eigenvalue weighted by Gasteiger charge is 2.10. The molecule has 0 radical (unpaired) electrons. The zero-order chi connectivity index (χ0) is 19.4. The summed E-state index contributed by atoms with van der Waals surface area (Å²) in [6.45, 7) is 8.02. The molecule has 142 valence electrons. The van der Waals surface area contributed by atoms with Gasteiger partial charge in [-0.2, -0.15) is 10.2 Å². The molecule has 0 atom stereocenters. The lowest BCUT2D eigenvalue weighted by atomic mass is 10.1. The first-order valence-corrected chi connectivity index (χ1v) is 9.80. The van der Waals surface area contributed by atoms with Crippen molar-refractivity contribution in [1.29, 1.82) is 0 Å². The molecule has 2 aromatic heterocycles. The summed E-state index contributed by atoms with van der Waals surface area (Å²) < 4.78 is 4.88. The summed E-state index contributed by atoms with van der Waals surface area (Å²) in [7, 11) is 0. The number of nitrogens with zero attached hydrogens (tertiary/aromatic N) is 4. The Bertz CT molecular complexity index is 944. The van der Waals surface area contributed by atoms with Crippen LogP contribution in [-0.4, -0.2) is 32.0 Å². The van der Waals surface area contributed by atoms with Crippen LogP contribution >= 0.6 is 15.9 Å². The van der Waals surface area contributed by atoms with Crippen LogP contribution < -0.4 is 5.32 Å². The quantitative estimate of drug-likeness (QED) is 0.583. The molecular weight excluding hydrogens is 406 g/mol. The highest BCUT2D eigenvalue weighted by Crippen LogP contribution is 2.20. The number of halogens is 1. The first-order chi connectivity index (χ1) is 12.9. The molecule has 6 nitrogen and oxygen atoms in total. The third-order valence-corrected chi connectivity index (χ3v) is 5.59. The maximum Gasteiger partial charge on any atom is 0.251 e. The fourth-order valence-electron chi connectivity index (χ4n) is 2.95. The Labute approximate surface area is 167 Å². The van der Waals surface area contributed by atoms with E-state index in [2.05, 4.69) is 31.4 Å². The van der Waals surface area contributed by atoms with Crippen molar-refractivity contribution in [3.05, 3.63) is 69.2 Å². The van der Waals surface area contributed by atoms with Gasteiger partial charge in [-0.15, -0.1) is 0 Å². The predicted molar refractivity (Wildman–Crippen MR) is 109 cm³/mol. The lowest BCUT2D eigenvalue weighted by Crippen LogP contribution is -2.25. The van der Waals surface area contributed by atoms with E-state index in [1.807, 2.05) is 66.7 Å². The Morgan fingerprint density at radius 3 is 2.67 bits per heavy atom. The number of carbonyl (C=O) groups excluding carboxylic acids is 1. The van der Waals surface area contributed by atoms with Crippen molar-refractivity contribution < 1.29 is 4.79 Å². The molecule has 1 N–H and O–H groups in total. The van der Waals surface area contributed by atoms with Crippen molar-refractivity contribution in [3.63, 3.8) is 0 Å². The van der Waals surface area contributed by atoms with E-state index in [9.17, 15) is 4.79 Å². The molecule has 0 fully saturated rings. The van der Waals surface area contributed by atoms with E-state index in [0.29, 0.717) is 18.7 Å². The van der Waals surface area contributed by atoms with Gasteiger partial charge in [-0.25, -0.2) is 0 Å². The molecule has 27 heavy (non-hydrogen) atoms. The van der Waals surface area contributed by atoms with Gasteiger partial charge in [-0.05, 0) is 66.9 Å². The molecule has 3 rings (SSSR count). The molecule has 0 saturated carbocycles. The second-order valence-electron chi connectivity index (χ2n) is 6.67. The summed E-state index contributed by atoms with van der Waals surface area (Å²) in [5.41, 5.74) is 4.77. The summed E-state index contributed by atoms with van der Waals surface area (Å²) in [5.74, 6) is -0.0527. The summed E-state index contributed by atoms with van der Waals surface area (Å²) in [4.78, 5) is 12.4. The third-order valence-electron chi connectivity index (χ3n) is 4.44. The van der Waals surface area contributed by atoms with E-state index in [-0.39, 0.29) is 5.91 Å². The number of aryl methyl sites for hydroxylation is 3. The first kappa shape index (κ1) is 19.4. The smallest absolute Gasteiger partial charge is 0.251 e. The fraction of sp³-hybridized carbons (Fsp3) is 0.350. The van der Waals surface area contributed by atoms with Crippen LogP contribution in [0.25, 0.3) is 0 Å². The average Bonchev–Trinajstić information content (AvgIpc) is 3.17. The van der Waals surface area contributed by atoms with Crippen LogP contribution in [0.5, 0.6) is 0 Å². The normalized spacial score (nSPS) is 11.0. The average molecular weight is 430 g/mol. The summed E-state index contributed by atoms with van der Waals surface area (Å²) in [5, 5.41) is 11.9. The van der Waals surface area contributed by atoms with Crippen molar-refractivity contribution >= 4 is 21.8 Å². The molecule has 0 spiro atoms. The number of hydrogen-bond donors (Lipinski definition) is 1. The Balaban J connectivity index is 1.55. The fourth-order valence-corrected chi connectivity index (χ4v) is 3.23. The molecule has 0 saturated heterocycles. The van der Waals surface area contributed by atoms with Gasteiger partial charge in [0.25, 0.3) is 5.91 Å². The Kier molecular flexibility index (Phi) is 6.11. The zero-order valence-corrected chi connectivity index (χ0v) is 17.5. The molecule has 0 aliphatic heterocycles. The molecule has 3 aromatic rings. The van der Waals surface area contributed by atoms with Crippen LogP contribution in [0.3, 0.4) is 0 Å². The van der Waals surface area contributed by atoms with Crippen LogP contribution in [-0.2, 0) is 13.1 Å². The molecule has 1 amide bonds. The molecule has 0 unspecified atom stereocenters. The van der Waals surface area contributed by atoms with Gasteiger partial charge in [0.15, 0.2) is 0 Å². The van der Waals surface area contributed by atoms with Gasteiger partial charge in [-0.1, -0.05) is 12.1 Å². The lowest BCUT2D eigenvalue weighted by Gasteiger charge is -2.09. The zero-order valence-electron chi connectivity index (χ0n) is 15.9. The highest BCUT2D eigenvalue weighted by atomic mass is 79.9. The van der Waals surface area contributed by atoms with Gasteiger partial charge < -0.3 is 5.32 Å². The van der Waals surface area contributed by atoms with Gasteiger partial charge >= 0.3 is 0 Å². The van der Waals surface area contributed by atoms with Crippen molar-refractivity contribution in [3.8, 4) is 0 Å². The predicted octanol–water partition coefficient (Wildman–Crippen LogP) is 3.64. The van der Waals surface area contributed by atoms with E-state index >= 15 is 0 Å². The molecule has 0 bridgehead atoms. The Morgan fingerprint density at radius 1 is 1.19 bits per heavy atom. The number of amides is 1. The van der Waals surface area contributed by atoms with Crippen LogP contribution in [0.4, 0.5) is 0 Å². The summed E-state index contributed by atoms with van der Waals surface area (Å²) in [6.07, 6.45) is 2.80. The van der Waals surface area contributed by atoms with E-state index in [0.717, 1.165) is 40.1 Å². The SMILES string of the molecule is Cc1ccn(CCCNC(=O)c2cccc(Cn3nc(C)c(Br)c3C)c2)n1. The van der Waals surface area contributed by atoms with Gasteiger partial charge in [0.1, 0.15) is 0 Å². The second kappa shape index (κ2) is 8.52. The van der Waals surface area contributed by atoms with Crippen LogP contribution in [0.1, 0.15) is 39.4 Å². The minimum absolute atomic E-state index is 0.0527. The Morgan fingerprint density at radius 2 is 2.00 bits per heavy atom. The van der Waals surface area contributed by atoms with Crippen LogP contribution in [0, 0.1) is 20.8 Å². The molecule has 0 aliphatic rings. The minimum atomic E-state index is -0.0527. The van der Waals surface area contributed by atoms with Crippen molar-refractivity contribution in [1.82, 2.24) is 24.9 Å². The summed E-state index contributed by atoms with van der Waals surface area (Å²) in [6, 6.07) is 9.67. The highest BCUT2D eigenvalue weighted by molar-refractivity contribution is 9.10. The number of nitrogens with one attached hydrogen (secondary N) is 1. The Hall–Kier alpha value is -2.41. The van der Waals surface area contributed by atoms with E-state index in [1.165, 1.54) is 0 Å². The molecule has 1 aromatic carbocycles. The monoisotopic (exact) mass is 429 g/mol. The maximum atomic E-state index is 12.4. The van der Waals surface area contributed by atoms with Crippen molar-refractivity contribution in [2.45, 2.75) is 40.3 Å². The summed E-state index contributed by atoms with van der Waals surface area (Å²) >= 11 is 3.55. The lowest BCUT2D eigenvalue weighted by molar-refractivity contribution is 0.0952. The maximum absolute atomic E-state index is 12.4. The van der Waals surface area contributed by atoms with Crippen molar-refractivity contribution in [2.24, 2.45) is 0 Å². The minimum Gasteiger partial charge on any atom is -0.352 e. The third kappa shape index (κ3) is 4.86. The molecular formula is C20H24BrN5O. The van der Waals surface area contributed by atoms with Crippen LogP contribution in [0.15, 0.2) is 41.0 Å². The van der Waals surface area contributed by atoms with Gasteiger partial charge in [0.05, 0.1) is 28.1 Å². The molecule has 0 aliphatic carbocycles. The molecule has 7 heteroatoms. The van der Waals surface area contributed by atoms with Gasteiger partial charge in [0.2, 0.25) is 0 Å². The number of carbonyl (C=O) groups is 1. The standard InChI is InChI=1S/C20H24BrN5O/c1-14-8-11-25(23-14)10-5-9-22-20(27)18-7-4-6-17(12-18)13-26-16(3)19(21)15(2)24-26/h4,6-8,11-12H,5,9-10,13H2,1-3H3,(H,22,27). The number of benzene rings is 1. The van der Waals surface area contributed by atoms with E-state index in [4.69, 9.17) is 0 Å². The van der Waals surface area contributed by atoms with Gasteiger partial charge in [0, 0.05) is 24.8 Å². The largest absolute Gasteiger partial charge is 0.352 e. The molecule has 2 heterocycles. The first-order valence-electron chi connectivity index (χ1n) is 9.01. The van der Waals surface area contributed by atoms with Gasteiger partial charge in [-0.3, -0.25) is 14.2 Å². The second-order valence-corrected chi connectivity index (χ2v) is 7.47. The number of aromatic nitrogens is 4. The number of hydrogen-bond acceptors (Lipinski definition) is 3. The van der Waals surface area contributed by atoms with Crippen LogP contribution in [0.2, 0.25) is 0 Å². The van der Waals surface area contributed by atoms with Crippen molar-refractivity contribution in [2.75, 3.05) is 6.54 Å². The topological polar surface area (TPSA) is 64.7 Å². The number of rotatable bonds is 7. The van der Waals surface area contributed by atoms with E-state index < -0.39 is 0 Å². The van der Waals surface area contributed by atoms with E-state index in [1.54, 1.807) is 0 Å².